The fourth-order valence-corrected chi connectivity index (χ4v) is 3.11. The molecule has 106 valence electrons. The second-order valence-electron chi connectivity index (χ2n) is 4.99. The summed E-state index contributed by atoms with van der Waals surface area (Å²) in [6.07, 6.45) is 0.555. The van der Waals surface area contributed by atoms with E-state index in [4.69, 9.17) is 5.26 Å². The number of carbonyl (C=O) groups is 1. The van der Waals surface area contributed by atoms with Crippen LogP contribution in [0.5, 0.6) is 0 Å². The molecule has 1 aliphatic rings. The molecule has 1 aliphatic heterocycles. The zero-order chi connectivity index (χ0) is 14.4. The van der Waals surface area contributed by atoms with Crippen molar-refractivity contribution in [1.29, 1.82) is 5.26 Å². The second-order valence-corrected chi connectivity index (χ2v) is 6.14. The Bertz CT molecular complexity index is 489. The molecule has 1 N–H and O–H groups in total. The molecule has 1 aromatic carbocycles. The topological polar surface area (TPSA) is 56.1 Å². The van der Waals surface area contributed by atoms with E-state index in [0.29, 0.717) is 24.6 Å². The van der Waals surface area contributed by atoms with Gasteiger partial charge in [0.25, 0.3) is 0 Å². The van der Waals surface area contributed by atoms with Crippen LogP contribution >= 0.6 is 11.8 Å². The summed E-state index contributed by atoms with van der Waals surface area (Å²) >= 11 is 1.90. The van der Waals surface area contributed by atoms with Crippen molar-refractivity contribution in [3.63, 3.8) is 0 Å². The normalized spacial score (nSPS) is 18.3. The molecule has 1 saturated heterocycles. The average molecular weight is 289 g/mol. The maximum atomic E-state index is 12.2. The van der Waals surface area contributed by atoms with Gasteiger partial charge in [-0.15, -0.1) is 0 Å². The first kappa shape index (κ1) is 14.9. The first-order chi connectivity index (χ1) is 9.69. The number of amides is 1. The minimum atomic E-state index is 0.161. The first-order valence-electron chi connectivity index (χ1n) is 6.73. The van der Waals surface area contributed by atoms with E-state index in [2.05, 4.69) is 11.4 Å². The molecule has 1 unspecified atom stereocenters. The number of carbonyl (C=O) groups excluding carboxylic acids is 1. The third-order valence-corrected chi connectivity index (χ3v) is 4.48. The molecule has 1 fully saturated rings. The minimum absolute atomic E-state index is 0.161. The SMILES string of the molecule is CN(Cc1ccc(C#N)cc1)C(=O)CC1CSCCN1. The summed E-state index contributed by atoms with van der Waals surface area (Å²) in [6, 6.07) is 9.76. The van der Waals surface area contributed by atoms with E-state index in [1.165, 1.54) is 0 Å². The Kier molecular flexibility index (Phi) is 5.45. The van der Waals surface area contributed by atoms with Gasteiger partial charge in [-0.05, 0) is 17.7 Å². The third kappa shape index (κ3) is 4.26. The Hall–Kier alpha value is -1.51. The number of nitrogens with zero attached hydrogens (tertiary/aromatic N) is 2. The van der Waals surface area contributed by atoms with Gasteiger partial charge in [0.2, 0.25) is 5.91 Å². The number of hydrogen-bond acceptors (Lipinski definition) is 4. The molecule has 2 rings (SSSR count). The van der Waals surface area contributed by atoms with Gasteiger partial charge in [-0.2, -0.15) is 17.0 Å². The quantitative estimate of drug-likeness (QED) is 0.915. The van der Waals surface area contributed by atoms with E-state index in [9.17, 15) is 4.79 Å². The number of hydrogen-bond donors (Lipinski definition) is 1. The lowest BCUT2D eigenvalue weighted by Crippen LogP contribution is -2.41. The Morgan fingerprint density at radius 2 is 2.25 bits per heavy atom. The third-order valence-electron chi connectivity index (χ3n) is 3.35. The van der Waals surface area contributed by atoms with E-state index in [1.54, 1.807) is 17.0 Å². The number of nitrogens with one attached hydrogen (secondary N) is 1. The van der Waals surface area contributed by atoms with Crippen molar-refractivity contribution in [2.24, 2.45) is 0 Å². The van der Waals surface area contributed by atoms with Crippen molar-refractivity contribution in [2.45, 2.75) is 19.0 Å². The lowest BCUT2D eigenvalue weighted by molar-refractivity contribution is -0.130. The molecule has 0 aromatic heterocycles. The van der Waals surface area contributed by atoms with Gasteiger partial charge >= 0.3 is 0 Å². The molecule has 20 heavy (non-hydrogen) atoms. The molecule has 0 spiro atoms. The predicted molar refractivity (Wildman–Crippen MR) is 81.4 cm³/mol. The van der Waals surface area contributed by atoms with Crippen LogP contribution in [0.25, 0.3) is 0 Å². The van der Waals surface area contributed by atoms with Gasteiger partial charge in [0.15, 0.2) is 0 Å². The van der Waals surface area contributed by atoms with Gasteiger partial charge in [-0.3, -0.25) is 4.79 Å². The zero-order valence-electron chi connectivity index (χ0n) is 11.6. The van der Waals surface area contributed by atoms with Crippen LogP contribution in [0, 0.1) is 11.3 Å². The molecule has 1 atom stereocenters. The zero-order valence-corrected chi connectivity index (χ0v) is 12.4. The lowest BCUT2D eigenvalue weighted by Gasteiger charge is -2.25. The van der Waals surface area contributed by atoms with Gasteiger partial charge in [-0.25, -0.2) is 0 Å². The predicted octanol–water partition coefficient (Wildman–Crippen LogP) is 1.61. The van der Waals surface area contributed by atoms with Crippen molar-refractivity contribution in [3.05, 3.63) is 35.4 Å². The van der Waals surface area contributed by atoms with Crippen LogP contribution in [0.2, 0.25) is 0 Å². The summed E-state index contributed by atoms with van der Waals surface area (Å²) in [5.74, 6) is 2.30. The van der Waals surface area contributed by atoms with Crippen molar-refractivity contribution < 1.29 is 4.79 Å². The number of benzene rings is 1. The molecule has 5 heteroatoms. The van der Waals surface area contributed by atoms with Crippen LogP contribution < -0.4 is 5.32 Å². The molecule has 1 aromatic rings. The highest BCUT2D eigenvalue weighted by atomic mass is 32.2. The highest BCUT2D eigenvalue weighted by Crippen LogP contribution is 2.12. The van der Waals surface area contributed by atoms with Crippen molar-refractivity contribution in [2.75, 3.05) is 25.1 Å². The molecular weight excluding hydrogens is 270 g/mol. The summed E-state index contributed by atoms with van der Waals surface area (Å²) in [7, 11) is 1.83. The Morgan fingerprint density at radius 3 is 2.85 bits per heavy atom. The molecule has 1 heterocycles. The van der Waals surface area contributed by atoms with E-state index in [-0.39, 0.29) is 5.91 Å². The summed E-state index contributed by atoms with van der Waals surface area (Å²) in [4.78, 5) is 13.9. The summed E-state index contributed by atoms with van der Waals surface area (Å²) in [5.41, 5.74) is 1.69. The van der Waals surface area contributed by atoms with Gasteiger partial charge in [0.05, 0.1) is 11.6 Å². The van der Waals surface area contributed by atoms with Gasteiger partial charge in [-0.1, -0.05) is 12.1 Å². The highest BCUT2D eigenvalue weighted by Gasteiger charge is 2.19. The smallest absolute Gasteiger partial charge is 0.224 e. The van der Waals surface area contributed by atoms with Crippen LogP contribution in [0.1, 0.15) is 17.5 Å². The van der Waals surface area contributed by atoms with E-state index < -0.39 is 0 Å². The fraction of sp³-hybridized carbons (Fsp3) is 0.467. The minimum Gasteiger partial charge on any atom is -0.341 e. The average Bonchev–Trinajstić information content (AvgIpc) is 2.49. The summed E-state index contributed by atoms with van der Waals surface area (Å²) < 4.78 is 0. The molecule has 4 nitrogen and oxygen atoms in total. The maximum absolute atomic E-state index is 12.2. The van der Waals surface area contributed by atoms with Crippen LogP contribution in [0.3, 0.4) is 0 Å². The van der Waals surface area contributed by atoms with Crippen LogP contribution in [0.15, 0.2) is 24.3 Å². The van der Waals surface area contributed by atoms with E-state index in [1.807, 2.05) is 30.9 Å². The van der Waals surface area contributed by atoms with Crippen molar-refractivity contribution in [1.82, 2.24) is 10.2 Å². The molecule has 0 radical (unpaired) electrons. The van der Waals surface area contributed by atoms with Crippen LogP contribution in [-0.2, 0) is 11.3 Å². The highest BCUT2D eigenvalue weighted by molar-refractivity contribution is 7.99. The van der Waals surface area contributed by atoms with Gasteiger partial charge in [0.1, 0.15) is 0 Å². The Balaban J connectivity index is 1.84. The maximum Gasteiger partial charge on any atom is 0.224 e. The van der Waals surface area contributed by atoms with Crippen molar-refractivity contribution >= 4 is 17.7 Å². The number of thioether (sulfide) groups is 1. The molecule has 0 aliphatic carbocycles. The second kappa shape index (κ2) is 7.32. The van der Waals surface area contributed by atoms with Gasteiger partial charge < -0.3 is 10.2 Å². The largest absolute Gasteiger partial charge is 0.341 e. The first-order valence-corrected chi connectivity index (χ1v) is 7.88. The monoisotopic (exact) mass is 289 g/mol. The van der Waals surface area contributed by atoms with E-state index >= 15 is 0 Å². The molecule has 0 saturated carbocycles. The number of nitriles is 1. The lowest BCUT2D eigenvalue weighted by atomic mass is 10.1. The molecule has 0 bridgehead atoms. The van der Waals surface area contributed by atoms with Gasteiger partial charge in [0, 0.05) is 44.1 Å². The van der Waals surface area contributed by atoms with Crippen LogP contribution in [0.4, 0.5) is 0 Å². The summed E-state index contributed by atoms with van der Waals surface area (Å²) in [5, 5.41) is 12.1. The molecular formula is C15H19N3OS. The Labute approximate surface area is 124 Å². The van der Waals surface area contributed by atoms with E-state index in [0.717, 1.165) is 23.6 Å². The van der Waals surface area contributed by atoms with Crippen LogP contribution in [-0.4, -0.2) is 41.9 Å². The molecule has 1 amide bonds. The summed E-state index contributed by atoms with van der Waals surface area (Å²) in [6.45, 7) is 1.58. The van der Waals surface area contributed by atoms with Crippen molar-refractivity contribution in [3.8, 4) is 6.07 Å². The standard InChI is InChI=1S/C15H19N3OS/c1-18(10-13-4-2-12(9-16)3-5-13)15(19)8-14-11-20-7-6-17-14/h2-5,14,17H,6-8,10-11H2,1H3. The fourth-order valence-electron chi connectivity index (χ4n) is 2.16. The number of rotatable bonds is 4. The Morgan fingerprint density at radius 1 is 1.50 bits per heavy atom.